The van der Waals surface area contributed by atoms with Gasteiger partial charge in [0.2, 0.25) is 6.79 Å². The maximum Gasteiger partial charge on any atom is 0.251 e. The summed E-state index contributed by atoms with van der Waals surface area (Å²) in [4.78, 5) is 21.3. The van der Waals surface area contributed by atoms with Crippen molar-refractivity contribution in [2.24, 2.45) is 0 Å². The van der Waals surface area contributed by atoms with Crippen LogP contribution in [0, 0.1) is 0 Å². The van der Waals surface area contributed by atoms with Gasteiger partial charge in [0.15, 0.2) is 17.1 Å². The van der Waals surface area contributed by atoms with Gasteiger partial charge in [-0.25, -0.2) is 9.97 Å². The van der Waals surface area contributed by atoms with Gasteiger partial charge in [-0.3, -0.25) is 4.79 Å². The highest BCUT2D eigenvalue weighted by atomic mass is 16.7. The third-order valence-electron chi connectivity index (χ3n) is 4.17. The summed E-state index contributed by atoms with van der Waals surface area (Å²) in [6, 6.07) is 9.00. The van der Waals surface area contributed by atoms with E-state index in [0.29, 0.717) is 30.0 Å². The molecule has 25 heavy (non-hydrogen) atoms. The molecule has 0 saturated carbocycles. The van der Waals surface area contributed by atoms with E-state index in [9.17, 15) is 4.79 Å². The van der Waals surface area contributed by atoms with Crippen molar-refractivity contribution in [2.45, 2.75) is 19.9 Å². The summed E-state index contributed by atoms with van der Waals surface area (Å²) in [6.07, 6.45) is 2.40. The molecule has 4 rings (SSSR count). The largest absolute Gasteiger partial charge is 0.454 e. The first kappa shape index (κ1) is 15.4. The van der Waals surface area contributed by atoms with Gasteiger partial charge in [-0.2, -0.15) is 0 Å². The number of carbonyl (C=O) groups excluding carboxylic acids is 1. The number of benzene rings is 1. The maximum absolute atomic E-state index is 12.3. The predicted octanol–water partition coefficient (Wildman–Crippen LogP) is 2.15. The van der Waals surface area contributed by atoms with Gasteiger partial charge in [0, 0.05) is 31.3 Å². The van der Waals surface area contributed by atoms with Gasteiger partial charge in [0.25, 0.3) is 5.91 Å². The number of pyridine rings is 1. The normalized spacial score (nSPS) is 12.5. The van der Waals surface area contributed by atoms with Gasteiger partial charge in [-0.1, -0.05) is 0 Å². The summed E-state index contributed by atoms with van der Waals surface area (Å²) in [5, 5.41) is 2.93. The Kier molecular flexibility index (Phi) is 3.97. The molecule has 3 heterocycles. The van der Waals surface area contributed by atoms with Crippen molar-refractivity contribution in [2.75, 3.05) is 13.3 Å². The molecule has 0 atom stereocenters. The van der Waals surface area contributed by atoms with Gasteiger partial charge in [-0.15, -0.1) is 0 Å². The number of carbonyl (C=O) groups is 1. The molecule has 1 aliphatic rings. The molecule has 1 N–H and O–H groups in total. The van der Waals surface area contributed by atoms with E-state index in [1.165, 1.54) is 0 Å². The number of imidazole rings is 1. The minimum atomic E-state index is -0.143. The molecule has 0 radical (unpaired) electrons. The highest BCUT2D eigenvalue weighted by Crippen LogP contribution is 2.32. The van der Waals surface area contributed by atoms with Crippen molar-refractivity contribution in [1.82, 2.24) is 19.9 Å². The summed E-state index contributed by atoms with van der Waals surface area (Å²) < 4.78 is 12.6. The zero-order valence-corrected chi connectivity index (χ0v) is 13.9. The second-order valence-corrected chi connectivity index (χ2v) is 5.69. The Labute approximate surface area is 144 Å². The van der Waals surface area contributed by atoms with Crippen molar-refractivity contribution in [3.05, 3.63) is 47.9 Å². The number of hydrogen-bond donors (Lipinski definition) is 1. The Bertz CT molecular complexity index is 935. The van der Waals surface area contributed by atoms with E-state index >= 15 is 0 Å². The van der Waals surface area contributed by atoms with Gasteiger partial charge in [-0.05, 0) is 37.3 Å². The van der Waals surface area contributed by atoms with Crippen LogP contribution in [0.25, 0.3) is 11.2 Å². The monoisotopic (exact) mass is 338 g/mol. The molecule has 2 aromatic heterocycles. The zero-order chi connectivity index (χ0) is 17.2. The minimum Gasteiger partial charge on any atom is -0.454 e. The van der Waals surface area contributed by atoms with Gasteiger partial charge in [0.1, 0.15) is 11.3 Å². The first-order valence-electron chi connectivity index (χ1n) is 8.24. The van der Waals surface area contributed by atoms with E-state index in [1.54, 1.807) is 24.4 Å². The van der Waals surface area contributed by atoms with E-state index in [4.69, 9.17) is 9.47 Å². The van der Waals surface area contributed by atoms with Crippen LogP contribution in [0.1, 0.15) is 23.1 Å². The van der Waals surface area contributed by atoms with Crippen LogP contribution in [0.2, 0.25) is 0 Å². The molecule has 1 aromatic carbocycles. The van der Waals surface area contributed by atoms with Crippen LogP contribution < -0.4 is 14.8 Å². The van der Waals surface area contributed by atoms with Crippen LogP contribution in [-0.4, -0.2) is 33.8 Å². The average molecular weight is 338 g/mol. The van der Waals surface area contributed by atoms with Crippen molar-refractivity contribution in [1.29, 1.82) is 0 Å². The second-order valence-electron chi connectivity index (χ2n) is 5.69. The SMILES string of the molecule is CCn1c(CCNC(=O)c2ccc3c(c2)OCO3)nc2cccnc21. The van der Waals surface area contributed by atoms with Crippen molar-refractivity contribution in [3.8, 4) is 11.5 Å². The molecular weight excluding hydrogens is 320 g/mol. The molecule has 0 saturated heterocycles. The van der Waals surface area contributed by atoms with Crippen LogP contribution in [0.3, 0.4) is 0 Å². The Hall–Kier alpha value is -3.09. The summed E-state index contributed by atoms with van der Waals surface area (Å²) in [7, 11) is 0. The molecule has 128 valence electrons. The lowest BCUT2D eigenvalue weighted by Crippen LogP contribution is -2.26. The molecule has 0 fully saturated rings. The number of aryl methyl sites for hydroxylation is 1. The Morgan fingerprint density at radius 2 is 2.16 bits per heavy atom. The number of amides is 1. The maximum atomic E-state index is 12.3. The number of nitrogens with zero attached hydrogens (tertiary/aromatic N) is 3. The Morgan fingerprint density at radius 3 is 3.04 bits per heavy atom. The molecule has 1 amide bonds. The van der Waals surface area contributed by atoms with Crippen molar-refractivity contribution >= 4 is 17.1 Å². The summed E-state index contributed by atoms with van der Waals surface area (Å²) >= 11 is 0. The Balaban J connectivity index is 1.43. The molecule has 0 spiro atoms. The fraction of sp³-hybridized carbons (Fsp3) is 0.278. The quantitative estimate of drug-likeness (QED) is 0.771. The van der Waals surface area contributed by atoms with Crippen LogP contribution in [-0.2, 0) is 13.0 Å². The van der Waals surface area contributed by atoms with Gasteiger partial charge in [0.05, 0.1) is 0 Å². The molecule has 7 heteroatoms. The molecule has 1 aliphatic heterocycles. The lowest BCUT2D eigenvalue weighted by molar-refractivity contribution is 0.0953. The van der Waals surface area contributed by atoms with E-state index in [0.717, 1.165) is 23.5 Å². The zero-order valence-electron chi connectivity index (χ0n) is 13.9. The predicted molar refractivity (Wildman–Crippen MR) is 91.8 cm³/mol. The smallest absolute Gasteiger partial charge is 0.251 e. The number of aromatic nitrogens is 3. The molecule has 0 bridgehead atoms. The summed E-state index contributed by atoms with van der Waals surface area (Å²) in [5.41, 5.74) is 2.30. The lowest BCUT2D eigenvalue weighted by atomic mass is 10.2. The molecule has 0 aliphatic carbocycles. The number of rotatable bonds is 5. The number of nitrogens with one attached hydrogen (secondary N) is 1. The fourth-order valence-electron chi connectivity index (χ4n) is 2.96. The van der Waals surface area contributed by atoms with E-state index < -0.39 is 0 Å². The van der Waals surface area contributed by atoms with Crippen LogP contribution in [0.4, 0.5) is 0 Å². The van der Waals surface area contributed by atoms with Crippen LogP contribution in [0.5, 0.6) is 11.5 Å². The topological polar surface area (TPSA) is 78.3 Å². The molecule has 7 nitrogen and oxygen atoms in total. The van der Waals surface area contributed by atoms with Gasteiger partial charge >= 0.3 is 0 Å². The second kappa shape index (κ2) is 6.43. The van der Waals surface area contributed by atoms with Gasteiger partial charge < -0.3 is 19.4 Å². The van der Waals surface area contributed by atoms with Crippen molar-refractivity contribution < 1.29 is 14.3 Å². The summed E-state index contributed by atoms with van der Waals surface area (Å²) in [5.74, 6) is 2.05. The van der Waals surface area contributed by atoms with E-state index in [1.807, 2.05) is 12.1 Å². The average Bonchev–Trinajstić information content (AvgIpc) is 3.24. The minimum absolute atomic E-state index is 0.143. The fourth-order valence-corrected chi connectivity index (χ4v) is 2.96. The highest BCUT2D eigenvalue weighted by molar-refractivity contribution is 5.94. The molecule has 3 aromatic rings. The third-order valence-corrected chi connectivity index (χ3v) is 4.17. The van der Waals surface area contributed by atoms with Crippen molar-refractivity contribution in [3.63, 3.8) is 0 Å². The number of hydrogen-bond acceptors (Lipinski definition) is 5. The van der Waals surface area contributed by atoms with Crippen LogP contribution >= 0.6 is 0 Å². The summed E-state index contributed by atoms with van der Waals surface area (Å²) in [6.45, 7) is 3.54. The van der Waals surface area contributed by atoms with E-state index in [-0.39, 0.29) is 12.7 Å². The van der Waals surface area contributed by atoms with E-state index in [2.05, 4.69) is 26.8 Å². The third kappa shape index (κ3) is 2.88. The Morgan fingerprint density at radius 1 is 1.28 bits per heavy atom. The number of ether oxygens (including phenoxy) is 2. The molecular formula is C18H18N4O3. The number of fused-ring (bicyclic) bond motifs is 2. The highest BCUT2D eigenvalue weighted by Gasteiger charge is 2.16. The first-order valence-corrected chi connectivity index (χ1v) is 8.24. The molecule has 0 unspecified atom stereocenters. The van der Waals surface area contributed by atoms with Crippen LogP contribution in [0.15, 0.2) is 36.5 Å². The lowest BCUT2D eigenvalue weighted by Gasteiger charge is -2.07. The standard InChI is InChI=1S/C18H18N4O3/c1-2-22-16(21-13-4-3-8-19-17(13)22)7-9-20-18(23)12-5-6-14-15(10-12)25-11-24-14/h3-6,8,10H,2,7,9,11H2,1H3,(H,20,23). The first-order chi connectivity index (χ1) is 12.3.